The summed E-state index contributed by atoms with van der Waals surface area (Å²) < 4.78 is 10.2. The van der Waals surface area contributed by atoms with Gasteiger partial charge in [-0.15, -0.1) is 0 Å². The predicted molar refractivity (Wildman–Crippen MR) is 71.0 cm³/mol. The molecule has 0 amide bonds. The molecule has 1 rings (SSSR count). The van der Waals surface area contributed by atoms with E-state index in [-0.39, 0.29) is 18.3 Å². The van der Waals surface area contributed by atoms with Crippen LogP contribution < -0.4 is 14.8 Å². The van der Waals surface area contributed by atoms with Crippen LogP contribution in [-0.4, -0.2) is 36.9 Å². The van der Waals surface area contributed by atoms with Crippen LogP contribution in [0.3, 0.4) is 0 Å². The summed E-state index contributed by atoms with van der Waals surface area (Å²) in [7, 11) is 2.88. The second-order valence-electron chi connectivity index (χ2n) is 4.04. The Bertz CT molecular complexity index is 450. The Morgan fingerprint density at radius 3 is 2.42 bits per heavy atom. The number of nitro groups is 1. The van der Waals surface area contributed by atoms with E-state index in [1.54, 1.807) is 0 Å². The first-order valence-corrected chi connectivity index (χ1v) is 5.81. The minimum absolute atomic E-state index is 0.00918. The Kier molecular flexibility index (Phi) is 5.37. The SMILES string of the molecule is COc1cc(NC(C)CCO)c([N+](=O)[O-])cc1OC. The number of aliphatic hydroxyl groups excluding tert-OH is 1. The van der Waals surface area contributed by atoms with Gasteiger partial charge in [-0.05, 0) is 13.3 Å². The molecule has 0 saturated carbocycles. The van der Waals surface area contributed by atoms with Gasteiger partial charge >= 0.3 is 0 Å². The van der Waals surface area contributed by atoms with Gasteiger partial charge in [-0.1, -0.05) is 0 Å². The molecule has 0 aliphatic rings. The average Bonchev–Trinajstić information content (AvgIpc) is 2.38. The van der Waals surface area contributed by atoms with Crippen LogP contribution in [-0.2, 0) is 0 Å². The van der Waals surface area contributed by atoms with Crippen LogP contribution in [0.25, 0.3) is 0 Å². The topological polar surface area (TPSA) is 93.9 Å². The molecule has 0 aliphatic heterocycles. The van der Waals surface area contributed by atoms with Crippen molar-refractivity contribution >= 4 is 11.4 Å². The Balaban J connectivity index is 3.16. The summed E-state index contributed by atoms with van der Waals surface area (Å²) in [4.78, 5) is 10.6. The molecule has 1 atom stereocenters. The minimum atomic E-state index is -0.490. The molecule has 1 unspecified atom stereocenters. The summed E-state index contributed by atoms with van der Waals surface area (Å²) in [5, 5.41) is 22.9. The third kappa shape index (κ3) is 3.72. The van der Waals surface area contributed by atoms with Crippen molar-refractivity contribution in [2.24, 2.45) is 0 Å². The summed E-state index contributed by atoms with van der Waals surface area (Å²) in [5.41, 5.74) is 0.242. The molecule has 7 heteroatoms. The second-order valence-corrected chi connectivity index (χ2v) is 4.04. The van der Waals surface area contributed by atoms with Crippen molar-refractivity contribution in [3.8, 4) is 11.5 Å². The Morgan fingerprint density at radius 2 is 1.95 bits per heavy atom. The largest absolute Gasteiger partial charge is 0.493 e. The molecular formula is C12H18N2O5. The zero-order valence-corrected chi connectivity index (χ0v) is 11.2. The fraction of sp³-hybridized carbons (Fsp3) is 0.500. The number of rotatable bonds is 7. The van der Waals surface area contributed by atoms with E-state index >= 15 is 0 Å². The van der Waals surface area contributed by atoms with Gasteiger partial charge < -0.3 is 19.9 Å². The summed E-state index contributed by atoms with van der Waals surface area (Å²) in [5.74, 6) is 0.710. The van der Waals surface area contributed by atoms with E-state index in [9.17, 15) is 10.1 Å². The zero-order valence-electron chi connectivity index (χ0n) is 11.2. The molecule has 7 nitrogen and oxygen atoms in total. The second kappa shape index (κ2) is 6.79. The lowest BCUT2D eigenvalue weighted by molar-refractivity contribution is -0.384. The van der Waals surface area contributed by atoms with Gasteiger partial charge in [-0.25, -0.2) is 0 Å². The number of aliphatic hydroxyl groups is 1. The van der Waals surface area contributed by atoms with E-state index in [1.165, 1.54) is 26.4 Å². The minimum Gasteiger partial charge on any atom is -0.493 e. The zero-order chi connectivity index (χ0) is 14.4. The van der Waals surface area contributed by atoms with Crippen molar-refractivity contribution in [2.75, 3.05) is 26.1 Å². The van der Waals surface area contributed by atoms with Gasteiger partial charge in [0, 0.05) is 18.7 Å². The lowest BCUT2D eigenvalue weighted by Gasteiger charge is -2.16. The maximum absolute atomic E-state index is 11.0. The Labute approximate surface area is 111 Å². The molecule has 2 N–H and O–H groups in total. The molecule has 1 aromatic rings. The highest BCUT2D eigenvalue weighted by molar-refractivity contribution is 5.68. The van der Waals surface area contributed by atoms with Gasteiger partial charge in [0.15, 0.2) is 11.5 Å². The van der Waals surface area contributed by atoms with E-state index in [1.807, 2.05) is 6.92 Å². The number of anilines is 1. The van der Waals surface area contributed by atoms with Crippen molar-refractivity contribution in [1.29, 1.82) is 0 Å². The first kappa shape index (κ1) is 15.0. The maximum atomic E-state index is 11.0. The van der Waals surface area contributed by atoms with Crippen molar-refractivity contribution < 1.29 is 19.5 Å². The molecule has 0 fully saturated rings. The van der Waals surface area contributed by atoms with Crippen molar-refractivity contribution in [1.82, 2.24) is 0 Å². The van der Waals surface area contributed by atoms with Crippen LogP contribution in [0.1, 0.15) is 13.3 Å². The van der Waals surface area contributed by atoms with Gasteiger partial charge in [0.05, 0.1) is 25.2 Å². The molecule has 0 heterocycles. The highest BCUT2D eigenvalue weighted by Gasteiger charge is 2.20. The normalized spacial score (nSPS) is 11.8. The molecule has 0 bridgehead atoms. The smallest absolute Gasteiger partial charge is 0.296 e. The first-order chi connectivity index (χ1) is 9.03. The van der Waals surface area contributed by atoms with E-state index < -0.39 is 4.92 Å². The van der Waals surface area contributed by atoms with Crippen LogP contribution in [0, 0.1) is 10.1 Å². The molecule has 19 heavy (non-hydrogen) atoms. The number of nitrogens with zero attached hydrogens (tertiary/aromatic N) is 1. The average molecular weight is 270 g/mol. The number of nitrogens with one attached hydrogen (secondary N) is 1. The summed E-state index contributed by atoms with van der Waals surface area (Å²) in [6, 6.07) is 2.74. The molecule has 1 aromatic carbocycles. The van der Waals surface area contributed by atoms with Gasteiger partial charge in [0.25, 0.3) is 5.69 Å². The number of ether oxygens (including phenoxy) is 2. The quantitative estimate of drug-likeness (QED) is 0.579. The molecule has 0 aromatic heterocycles. The predicted octanol–water partition coefficient (Wildman–Crippen LogP) is 1.79. The fourth-order valence-corrected chi connectivity index (χ4v) is 1.67. The van der Waals surface area contributed by atoms with Gasteiger partial charge in [0.1, 0.15) is 5.69 Å². The number of nitro benzene ring substituents is 1. The molecule has 0 aliphatic carbocycles. The maximum Gasteiger partial charge on any atom is 0.296 e. The van der Waals surface area contributed by atoms with Crippen molar-refractivity contribution in [2.45, 2.75) is 19.4 Å². The van der Waals surface area contributed by atoms with E-state index in [2.05, 4.69) is 5.32 Å². The Hall–Kier alpha value is -2.02. The fourth-order valence-electron chi connectivity index (χ4n) is 1.67. The molecule has 0 radical (unpaired) electrons. The molecule has 0 spiro atoms. The summed E-state index contributed by atoms with van der Waals surface area (Å²) in [6.07, 6.45) is 0.492. The monoisotopic (exact) mass is 270 g/mol. The Morgan fingerprint density at radius 1 is 1.37 bits per heavy atom. The van der Waals surface area contributed by atoms with E-state index in [0.29, 0.717) is 23.6 Å². The van der Waals surface area contributed by atoms with Crippen LogP contribution in [0.4, 0.5) is 11.4 Å². The number of hydrogen-bond acceptors (Lipinski definition) is 6. The van der Waals surface area contributed by atoms with E-state index in [0.717, 1.165) is 0 Å². The first-order valence-electron chi connectivity index (χ1n) is 5.81. The number of benzene rings is 1. The standard InChI is InChI=1S/C12H18N2O5/c1-8(4-5-15)13-9-6-11(18-2)12(19-3)7-10(9)14(16)17/h6-8,13,15H,4-5H2,1-3H3. The summed E-state index contributed by atoms with van der Waals surface area (Å²) >= 11 is 0. The third-order valence-corrected chi connectivity index (χ3v) is 2.66. The lowest BCUT2D eigenvalue weighted by atomic mass is 10.2. The highest BCUT2D eigenvalue weighted by atomic mass is 16.6. The van der Waals surface area contributed by atoms with Crippen molar-refractivity contribution in [3.05, 3.63) is 22.2 Å². The van der Waals surface area contributed by atoms with Crippen LogP contribution in [0.2, 0.25) is 0 Å². The number of methoxy groups -OCH3 is 2. The van der Waals surface area contributed by atoms with Gasteiger partial charge in [-0.2, -0.15) is 0 Å². The lowest BCUT2D eigenvalue weighted by Crippen LogP contribution is -2.17. The third-order valence-electron chi connectivity index (χ3n) is 2.66. The van der Waals surface area contributed by atoms with Crippen LogP contribution in [0.5, 0.6) is 11.5 Å². The van der Waals surface area contributed by atoms with Gasteiger partial charge in [-0.3, -0.25) is 10.1 Å². The summed E-state index contributed by atoms with van der Waals surface area (Å²) in [6.45, 7) is 1.84. The van der Waals surface area contributed by atoms with Gasteiger partial charge in [0.2, 0.25) is 0 Å². The molecule has 106 valence electrons. The number of hydrogen-bond donors (Lipinski definition) is 2. The van der Waals surface area contributed by atoms with Crippen LogP contribution >= 0.6 is 0 Å². The van der Waals surface area contributed by atoms with E-state index in [4.69, 9.17) is 14.6 Å². The molecular weight excluding hydrogens is 252 g/mol. The molecule has 0 saturated heterocycles. The highest BCUT2D eigenvalue weighted by Crippen LogP contribution is 2.37. The van der Waals surface area contributed by atoms with Crippen molar-refractivity contribution in [3.63, 3.8) is 0 Å². The van der Waals surface area contributed by atoms with Crippen LogP contribution in [0.15, 0.2) is 12.1 Å².